The van der Waals surface area contributed by atoms with Crippen molar-refractivity contribution in [2.45, 2.75) is 0 Å². The first-order valence-electron chi connectivity index (χ1n) is 8.27. The maximum absolute atomic E-state index is 5.32. The quantitative estimate of drug-likeness (QED) is 0.497. The second-order valence-corrected chi connectivity index (χ2v) is 5.62. The Balaban J connectivity index is 1.65. The third kappa shape index (κ3) is 3.13. The molecule has 0 atom stereocenters. The van der Waals surface area contributed by atoms with Gasteiger partial charge in [0.2, 0.25) is 11.6 Å². The van der Waals surface area contributed by atoms with E-state index >= 15 is 0 Å². The number of methoxy groups -OCH3 is 3. The van der Waals surface area contributed by atoms with Crippen molar-refractivity contribution in [2.75, 3.05) is 21.3 Å². The van der Waals surface area contributed by atoms with Gasteiger partial charge in [0.15, 0.2) is 11.5 Å². The zero-order valence-corrected chi connectivity index (χ0v) is 15.4. The van der Waals surface area contributed by atoms with Crippen LogP contribution in [0, 0.1) is 0 Å². The summed E-state index contributed by atoms with van der Waals surface area (Å²) in [6, 6.07) is 12.7. The van der Waals surface area contributed by atoms with Gasteiger partial charge in [-0.05, 0) is 30.3 Å². The number of para-hydroxylation sites is 1. The van der Waals surface area contributed by atoms with Crippen LogP contribution in [0.15, 0.2) is 51.5 Å². The van der Waals surface area contributed by atoms with Crippen molar-refractivity contribution >= 4 is 0 Å². The zero-order chi connectivity index (χ0) is 19.5. The Morgan fingerprint density at radius 3 is 2.04 bits per heavy atom. The fourth-order valence-corrected chi connectivity index (χ4v) is 2.65. The molecule has 0 fully saturated rings. The van der Waals surface area contributed by atoms with E-state index in [1.165, 1.54) is 0 Å². The molecule has 0 saturated heterocycles. The highest BCUT2D eigenvalue weighted by atomic mass is 16.5. The average molecular weight is 380 g/mol. The molecule has 2 heterocycles. The van der Waals surface area contributed by atoms with Crippen molar-refractivity contribution in [3.8, 4) is 51.8 Å². The first kappa shape index (κ1) is 17.5. The second kappa shape index (κ2) is 7.39. The molecule has 0 spiro atoms. The van der Waals surface area contributed by atoms with Crippen molar-refractivity contribution in [3.63, 3.8) is 0 Å². The number of rotatable bonds is 6. The van der Waals surface area contributed by atoms with Crippen LogP contribution in [0.1, 0.15) is 0 Å². The number of benzene rings is 2. The van der Waals surface area contributed by atoms with Crippen molar-refractivity contribution < 1.29 is 23.3 Å². The number of hydrogen-bond donors (Lipinski definition) is 0. The smallest absolute Gasteiger partial charge is 0.316 e. The predicted octanol–water partition coefficient (Wildman–Crippen LogP) is 3.48. The van der Waals surface area contributed by atoms with E-state index in [1.54, 1.807) is 39.5 Å². The first-order chi connectivity index (χ1) is 13.7. The van der Waals surface area contributed by atoms with Gasteiger partial charge in [0, 0.05) is 5.56 Å². The van der Waals surface area contributed by atoms with Gasteiger partial charge in [0.05, 0.1) is 26.9 Å². The highest BCUT2D eigenvalue weighted by Crippen LogP contribution is 2.32. The van der Waals surface area contributed by atoms with Crippen LogP contribution in [-0.4, -0.2) is 41.6 Å². The van der Waals surface area contributed by atoms with Gasteiger partial charge in [-0.25, -0.2) is 0 Å². The molecule has 0 aliphatic carbocycles. The summed E-state index contributed by atoms with van der Waals surface area (Å²) in [5.41, 5.74) is 1.39. The molecule has 0 aliphatic rings. The molecule has 2 aromatic heterocycles. The lowest BCUT2D eigenvalue weighted by molar-refractivity contribution is 0.355. The monoisotopic (exact) mass is 380 g/mol. The fourth-order valence-electron chi connectivity index (χ4n) is 2.65. The molecule has 0 amide bonds. The largest absolute Gasteiger partial charge is 0.496 e. The molecule has 4 rings (SSSR count). The summed E-state index contributed by atoms with van der Waals surface area (Å²) < 4.78 is 26.4. The van der Waals surface area contributed by atoms with Gasteiger partial charge in [-0.3, -0.25) is 0 Å². The van der Waals surface area contributed by atoms with E-state index in [-0.39, 0.29) is 11.8 Å². The van der Waals surface area contributed by atoms with Crippen molar-refractivity contribution in [1.29, 1.82) is 0 Å². The van der Waals surface area contributed by atoms with Crippen LogP contribution in [0.5, 0.6) is 17.2 Å². The van der Waals surface area contributed by atoms with Gasteiger partial charge in [0.25, 0.3) is 0 Å². The Morgan fingerprint density at radius 1 is 0.679 bits per heavy atom. The van der Waals surface area contributed by atoms with Gasteiger partial charge in [-0.2, -0.15) is 9.97 Å². The topological polar surface area (TPSA) is 106 Å². The SMILES string of the molecule is COc1ccc(-c2noc(-c3nc(-c4ccccc4OC)no3)n2)cc1OC. The summed E-state index contributed by atoms with van der Waals surface area (Å²) in [6.45, 7) is 0. The number of aromatic nitrogens is 4. The molecule has 0 bridgehead atoms. The van der Waals surface area contributed by atoms with Crippen molar-refractivity contribution in [3.05, 3.63) is 42.5 Å². The number of hydrogen-bond acceptors (Lipinski definition) is 9. The molecular weight excluding hydrogens is 364 g/mol. The second-order valence-electron chi connectivity index (χ2n) is 5.62. The molecule has 9 heteroatoms. The summed E-state index contributed by atoms with van der Waals surface area (Å²) in [6.07, 6.45) is 0. The van der Waals surface area contributed by atoms with E-state index in [0.717, 1.165) is 0 Å². The fraction of sp³-hybridized carbons (Fsp3) is 0.158. The van der Waals surface area contributed by atoms with Crippen molar-refractivity contribution in [1.82, 2.24) is 20.3 Å². The van der Waals surface area contributed by atoms with E-state index in [0.29, 0.717) is 40.0 Å². The minimum atomic E-state index is 0.110. The molecule has 142 valence electrons. The summed E-state index contributed by atoms with van der Waals surface area (Å²) >= 11 is 0. The molecular formula is C19H16N4O5. The van der Waals surface area contributed by atoms with Crippen LogP contribution < -0.4 is 14.2 Å². The first-order valence-corrected chi connectivity index (χ1v) is 8.27. The lowest BCUT2D eigenvalue weighted by Crippen LogP contribution is -1.91. The summed E-state index contributed by atoms with van der Waals surface area (Å²) in [4.78, 5) is 8.66. The Morgan fingerprint density at radius 2 is 1.32 bits per heavy atom. The van der Waals surface area contributed by atoms with Crippen LogP contribution >= 0.6 is 0 Å². The molecule has 4 aromatic rings. The van der Waals surface area contributed by atoms with E-state index in [2.05, 4.69) is 20.3 Å². The van der Waals surface area contributed by atoms with Crippen LogP contribution in [0.3, 0.4) is 0 Å². The molecule has 0 N–H and O–H groups in total. The lowest BCUT2D eigenvalue weighted by atomic mass is 10.2. The Bertz CT molecular complexity index is 1110. The van der Waals surface area contributed by atoms with E-state index in [9.17, 15) is 0 Å². The van der Waals surface area contributed by atoms with E-state index in [1.807, 2.05) is 24.3 Å². The maximum Gasteiger partial charge on any atom is 0.316 e. The average Bonchev–Trinajstić information content (AvgIpc) is 3.43. The van der Waals surface area contributed by atoms with E-state index in [4.69, 9.17) is 23.3 Å². The number of nitrogens with zero attached hydrogens (tertiary/aromatic N) is 4. The molecule has 28 heavy (non-hydrogen) atoms. The maximum atomic E-state index is 5.32. The normalized spacial score (nSPS) is 10.7. The minimum absolute atomic E-state index is 0.110. The van der Waals surface area contributed by atoms with Gasteiger partial charge in [-0.1, -0.05) is 22.4 Å². The molecule has 0 unspecified atom stereocenters. The summed E-state index contributed by atoms with van der Waals surface area (Å²) in [7, 11) is 4.70. The summed E-state index contributed by atoms with van der Waals surface area (Å²) in [5.74, 6) is 2.73. The van der Waals surface area contributed by atoms with Gasteiger partial charge >= 0.3 is 11.8 Å². The highest BCUT2D eigenvalue weighted by molar-refractivity contribution is 5.65. The Kier molecular flexibility index (Phi) is 4.63. The summed E-state index contributed by atoms with van der Waals surface area (Å²) in [5, 5.41) is 7.95. The van der Waals surface area contributed by atoms with Gasteiger partial charge in [-0.15, -0.1) is 0 Å². The third-order valence-electron chi connectivity index (χ3n) is 4.02. The van der Waals surface area contributed by atoms with Crippen LogP contribution in [-0.2, 0) is 0 Å². The molecule has 2 aromatic carbocycles. The minimum Gasteiger partial charge on any atom is -0.496 e. The molecule has 9 nitrogen and oxygen atoms in total. The van der Waals surface area contributed by atoms with Gasteiger partial charge in [0.1, 0.15) is 5.75 Å². The predicted molar refractivity (Wildman–Crippen MR) is 98.1 cm³/mol. The van der Waals surface area contributed by atoms with E-state index < -0.39 is 0 Å². The van der Waals surface area contributed by atoms with Gasteiger partial charge < -0.3 is 23.3 Å². The zero-order valence-electron chi connectivity index (χ0n) is 15.4. The Hall–Kier alpha value is -3.88. The highest BCUT2D eigenvalue weighted by Gasteiger charge is 2.20. The number of ether oxygens (including phenoxy) is 3. The third-order valence-corrected chi connectivity index (χ3v) is 4.02. The molecule has 0 radical (unpaired) electrons. The molecule has 0 aliphatic heterocycles. The van der Waals surface area contributed by atoms with Crippen LogP contribution in [0.4, 0.5) is 0 Å². The standard InChI is InChI=1S/C19H16N4O5/c1-24-13-7-5-4-6-12(13)17-21-19(28-23-17)18-20-16(22-27-18)11-8-9-14(25-2)15(10-11)26-3/h4-10H,1-3H3. The molecule has 0 saturated carbocycles. The lowest BCUT2D eigenvalue weighted by Gasteiger charge is -2.07. The van der Waals surface area contributed by atoms with Crippen molar-refractivity contribution in [2.24, 2.45) is 0 Å². The van der Waals surface area contributed by atoms with Crippen LogP contribution in [0.25, 0.3) is 34.6 Å². The Labute approximate surface area is 159 Å². The van der Waals surface area contributed by atoms with Crippen LogP contribution in [0.2, 0.25) is 0 Å².